The van der Waals surface area contributed by atoms with Crippen molar-refractivity contribution in [2.45, 2.75) is 235 Å². The Labute approximate surface area is 773 Å². The average molecular weight is 1910 g/mol. The number of carbonyl (C=O) groups is 8. The summed E-state index contributed by atoms with van der Waals surface area (Å²) in [4.78, 5) is 110. The van der Waals surface area contributed by atoms with Crippen LogP contribution in [0.3, 0.4) is 0 Å². The van der Waals surface area contributed by atoms with Crippen LogP contribution in [0.2, 0.25) is 0 Å². The third-order valence-corrected chi connectivity index (χ3v) is 15.5. The van der Waals surface area contributed by atoms with Gasteiger partial charge in [-0.25, -0.2) is 50.9 Å². The summed E-state index contributed by atoms with van der Waals surface area (Å²) in [6.07, 6.45) is -2.12. The number of halogens is 3. The number of aliphatic hydroxyl groups is 1. The first kappa shape index (κ1) is 127. The van der Waals surface area contributed by atoms with Crippen molar-refractivity contribution >= 4 is 88.1 Å². The first-order valence-corrected chi connectivity index (χ1v) is 40.5. The fraction of sp³-hybridized carbons (Fsp3) is 0.533. The molecule has 1 heterocycles. The molecule has 39 heteroatoms. The van der Waals surface area contributed by atoms with Crippen LogP contribution in [0.4, 0.5) is 14.0 Å². The molecule has 0 unspecified atom stereocenters. The molecule has 0 spiro atoms. The molecule has 0 aliphatic carbocycles. The van der Waals surface area contributed by atoms with Gasteiger partial charge in [0, 0.05) is 32.5 Å². The van der Waals surface area contributed by atoms with E-state index in [1.54, 1.807) is 210 Å². The van der Waals surface area contributed by atoms with Crippen LogP contribution < -0.4 is 37.6 Å². The van der Waals surface area contributed by atoms with Crippen LogP contribution in [0.5, 0.6) is 17.2 Å². The molecule has 0 saturated heterocycles. The number of nitrogen functional groups attached to an aromatic ring is 1. The number of benzene rings is 5. The smallest absolute Gasteiger partial charge is 0.491 e. The quantitative estimate of drug-likeness (QED) is 0.00357. The molecule has 0 aromatic heterocycles. The molecule has 1 aliphatic rings. The maximum absolute atomic E-state index is 12.1. The summed E-state index contributed by atoms with van der Waals surface area (Å²) in [6.45, 7) is 47.3. The van der Waals surface area contributed by atoms with Crippen molar-refractivity contribution < 1.29 is 134 Å². The summed E-state index contributed by atoms with van der Waals surface area (Å²) in [6, 6.07) is 36.8. The number of rotatable bonds is 28. The third kappa shape index (κ3) is 57.9. The summed E-state index contributed by atoms with van der Waals surface area (Å²) < 4.78 is 80.6. The van der Waals surface area contributed by atoms with E-state index in [0.717, 1.165) is 5.75 Å². The molecule has 2 amide bonds. The lowest BCUT2D eigenvalue weighted by Gasteiger charge is -2.26. The van der Waals surface area contributed by atoms with Gasteiger partial charge >= 0.3 is 36.2 Å². The highest BCUT2D eigenvalue weighted by atomic mass is 79.9. The zero-order chi connectivity index (χ0) is 100. The topological polar surface area (TPSA) is 526 Å². The number of carbonyl (C=O) groups excluding carboxylic acids is 8. The second kappa shape index (κ2) is 61.9. The number of nitrogens with one attached hydrogen (secondary N) is 2. The third-order valence-electron chi connectivity index (χ3n) is 15.2. The van der Waals surface area contributed by atoms with Crippen LogP contribution in [-0.4, -0.2) is 206 Å². The number of nitriles is 2. The van der Waals surface area contributed by atoms with Gasteiger partial charge in [-0.3, -0.25) is 39.7 Å². The number of ether oxygens (including phenoxy) is 14. The number of alkyl halides is 1. The predicted molar refractivity (Wildman–Crippen MR) is 487 cm³/mol. The molecule has 6 rings (SSSR count). The van der Waals surface area contributed by atoms with Gasteiger partial charge in [-0.15, -0.1) is 17.5 Å². The number of esters is 4. The van der Waals surface area contributed by atoms with E-state index in [9.17, 15) is 42.7 Å². The molecule has 129 heavy (non-hydrogen) atoms. The monoisotopic (exact) mass is 1910 g/mol. The summed E-state index contributed by atoms with van der Waals surface area (Å²) in [5.74, 6) is 14.3. The Hall–Kier alpha value is -10.6. The maximum Gasteiger partial charge on any atom is 0.519 e. The minimum atomic E-state index is -1.43. The number of fused-ring (bicyclic) bond motifs is 1. The molecule has 726 valence electrons. The summed E-state index contributed by atoms with van der Waals surface area (Å²) in [5, 5.41) is 40.7. The molecule has 0 radical (unpaired) electrons. The van der Waals surface area contributed by atoms with Gasteiger partial charge in [-0.2, -0.15) is 10.5 Å². The first-order chi connectivity index (χ1) is 58.9. The number of aliphatic hydroxyl groups excluding tert-OH is 1. The van der Waals surface area contributed by atoms with Crippen LogP contribution in [0.25, 0.3) is 0 Å². The largest absolute Gasteiger partial charge is 0.519 e. The van der Waals surface area contributed by atoms with E-state index in [-0.39, 0.29) is 77.4 Å². The minimum absolute atomic E-state index is 0. The summed E-state index contributed by atoms with van der Waals surface area (Å²) in [5.41, 5.74) is 1.97. The van der Waals surface area contributed by atoms with E-state index in [2.05, 4.69) is 36.3 Å². The van der Waals surface area contributed by atoms with Gasteiger partial charge in [0.25, 0.3) is 11.8 Å². The van der Waals surface area contributed by atoms with Crippen LogP contribution in [-0.2, 0) is 90.6 Å². The van der Waals surface area contributed by atoms with Crippen molar-refractivity contribution in [3.05, 3.63) is 161 Å². The SMILES string of the molecule is CC(C)(C)OC(=O)OC(=O)OC(C)(C)C.CC(C)(COc1ccc(C(=N)N)cc1)ON.CCOC(=O)C(C)(C)Br.CCOC(=O)C(C)(C)OC.CCOC(=O)C(C)(C)ON.CCOC(=O)C(C)(C)ON1C(=O)c2ccccc2C1=O.COC(=N)c1ccc(OCC(C)(C)ON)cc1.COC(C)(C)CO.COC(C)(C)COc1ccc(C#N)cc1.Cl.N#Cc1ccc(F)cc1. The lowest BCUT2D eigenvalue weighted by Crippen LogP contribution is -2.45. The molecular formula is C90H138BrClFN9O27. The highest BCUT2D eigenvalue weighted by molar-refractivity contribution is 9.10. The van der Waals surface area contributed by atoms with E-state index in [4.69, 9.17) is 121 Å². The zero-order valence-electron chi connectivity index (χ0n) is 80.1. The highest BCUT2D eigenvalue weighted by Gasteiger charge is 2.43. The van der Waals surface area contributed by atoms with Crippen molar-refractivity contribution in [2.24, 2.45) is 23.4 Å². The van der Waals surface area contributed by atoms with Crippen molar-refractivity contribution in [3.63, 3.8) is 0 Å². The predicted octanol–water partition coefficient (Wildman–Crippen LogP) is 15.0. The Morgan fingerprint density at radius 3 is 1.04 bits per heavy atom. The van der Waals surface area contributed by atoms with E-state index in [1.165, 1.54) is 64.5 Å². The van der Waals surface area contributed by atoms with Gasteiger partial charge in [0.15, 0.2) is 16.8 Å². The Bertz CT molecular complexity index is 4160. The number of nitrogens with two attached hydrogens (primary N) is 4. The number of hydrogen-bond donors (Lipinski definition) is 7. The van der Waals surface area contributed by atoms with Gasteiger partial charge in [-0.05, 0) is 289 Å². The fourth-order valence-corrected chi connectivity index (χ4v) is 7.25. The lowest BCUT2D eigenvalue weighted by atomic mass is 10.1. The van der Waals surface area contributed by atoms with E-state index >= 15 is 0 Å². The maximum atomic E-state index is 12.1. The Morgan fingerprint density at radius 2 is 0.767 bits per heavy atom. The van der Waals surface area contributed by atoms with Crippen molar-refractivity contribution in [1.82, 2.24) is 5.06 Å². The minimum Gasteiger partial charge on any atom is -0.491 e. The number of amides is 2. The van der Waals surface area contributed by atoms with E-state index < -0.39 is 79.6 Å². The highest BCUT2D eigenvalue weighted by Crippen LogP contribution is 2.28. The second-order valence-electron chi connectivity index (χ2n) is 32.7. The van der Waals surface area contributed by atoms with Crippen molar-refractivity contribution in [3.8, 4) is 29.4 Å². The molecule has 0 atom stereocenters. The molecule has 11 N–H and O–H groups in total. The number of nitrogens with zero attached hydrogens (tertiary/aromatic N) is 3. The molecule has 36 nitrogen and oxygen atoms in total. The number of hydrogen-bond acceptors (Lipinski definition) is 34. The molecule has 0 saturated carbocycles. The van der Waals surface area contributed by atoms with Gasteiger partial charge in [0.05, 0.1) is 85.7 Å². The van der Waals surface area contributed by atoms with Crippen LogP contribution in [0.1, 0.15) is 223 Å². The van der Waals surface area contributed by atoms with Crippen molar-refractivity contribution in [2.75, 3.05) is 81.3 Å². The number of imide groups is 1. The average Bonchev–Trinajstić information content (AvgIpc) is 1.63. The standard InChI is InChI=1S/C14H15NO5.C12H18N2O3.C12H15NO2.C11H17N3O2.C10H18O5.C7H4FN.C7H14O3.C6H11BrO2.C6H13NO3.C5H12O2.ClH/c1-4-19-13(18)14(2,3)20-15-11(16)9-7-5-6-8-10(9)12(15)17;1-12(2,17-14)8-16-10-6-4-9(5-7-10)11(13)15-3;1-12(2,14-3)9-15-11-6-4-10(8-13)5-7-11;1-11(2,16-14)7-15-9-5-3-8(4-6-9)10(12)13;1-9(2,3)14-7(11)13-8(12)15-10(4,5)6;8-7-3-1-6(5-9)2-4-7;1-5-10-6(8)7(2,3)9-4;1-4-9-5(8)6(2,3)7;1-4-9-5(8)6(2,3)10-7;1-5(2,4-6)7-3;/h5-8H,4H2,1-3H3;4-7,13H,8,14H2,1-3H3;4-7H,9H2,1-3H3;3-6H,7,14H2,1-2H3,(H3,12,13);1-6H3;1-4H;5H2,1-4H3;4H2,1-3H3;4,7H2,1-3H3;6H,4H2,1-3H3;1H. The number of amidine groups is 1. The van der Waals surface area contributed by atoms with E-state index in [1.807, 2.05) is 61.5 Å². The molecular weight excluding hydrogens is 1770 g/mol. The van der Waals surface area contributed by atoms with Crippen LogP contribution >= 0.6 is 28.3 Å². The molecule has 5 aromatic carbocycles. The fourth-order valence-electron chi connectivity index (χ4n) is 7.14. The summed E-state index contributed by atoms with van der Waals surface area (Å²) >= 11 is 3.17. The van der Waals surface area contributed by atoms with Crippen LogP contribution in [0, 0.1) is 39.3 Å². The van der Waals surface area contributed by atoms with Gasteiger partial charge < -0.3 is 77.2 Å². The van der Waals surface area contributed by atoms with Gasteiger partial charge in [-0.1, -0.05) is 28.1 Å². The van der Waals surface area contributed by atoms with Crippen molar-refractivity contribution in [1.29, 1.82) is 21.3 Å². The zero-order valence-corrected chi connectivity index (χ0v) is 82.5. The Balaban J connectivity index is -0.000000447. The molecule has 0 bridgehead atoms. The Morgan fingerprint density at radius 1 is 0.450 bits per heavy atom. The first-order valence-electron chi connectivity index (χ1n) is 39.7. The second-order valence-corrected chi connectivity index (χ2v) is 34.7. The van der Waals surface area contributed by atoms with E-state index in [0.29, 0.717) is 78.5 Å². The molecule has 0 fully saturated rings. The van der Waals surface area contributed by atoms with Gasteiger partial charge in [0.2, 0.25) is 5.90 Å². The number of methoxy groups -OCH3 is 4. The Kier molecular flexibility index (Phi) is 60.9. The number of hydroxylamine groups is 2. The van der Waals surface area contributed by atoms with Crippen LogP contribution in [0.15, 0.2) is 121 Å². The normalized spacial score (nSPS) is 11.5. The molecule has 1 aliphatic heterocycles. The lowest BCUT2D eigenvalue weighted by molar-refractivity contribution is -0.203. The molecule has 5 aromatic rings. The summed E-state index contributed by atoms with van der Waals surface area (Å²) in [7, 11) is 6.18. The van der Waals surface area contributed by atoms with Gasteiger partial charge in [0.1, 0.15) is 75.5 Å².